The Kier molecular flexibility index (Phi) is 3.23. The molecule has 2 saturated carbocycles. The van der Waals surface area contributed by atoms with E-state index in [0.29, 0.717) is 11.3 Å². The van der Waals surface area contributed by atoms with Crippen LogP contribution in [0.15, 0.2) is 16.5 Å². The molecule has 0 radical (unpaired) electrons. The maximum Gasteiger partial charge on any atom is 0.117 e. The van der Waals surface area contributed by atoms with Gasteiger partial charge in [-0.05, 0) is 42.7 Å². The molecule has 100 valence electrons. The Balaban J connectivity index is 1.46. The highest BCUT2D eigenvalue weighted by atomic mass is 16.3. The molecule has 1 heterocycles. The Labute approximate surface area is 110 Å². The molecule has 1 aromatic heterocycles. The van der Waals surface area contributed by atoms with E-state index in [0.717, 1.165) is 24.8 Å². The molecule has 18 heavy (non-hydrogen) atoms. The van der Waals surface area contributed by atoms with Crippen molar-refractivity contribution < 1.29 is 4.42 Å². The van der Waals surface area contributed by atoms with E-state index in [4.69, 9.17) is 4.42 Å². The van der Waals surface area contributed by atoms with E-state index in [1.165, 1.54) is 37.9 Å². The van der Waals surface area contributed by atoms with Gasteiger partial charge in [0.25, 0.3) is 0 Å². The van der Waals surface area contributed by atoms with Crippen LogP contribution in [0, 0.1) is 11.3 Å². The number of hydrogen-bond acceptors (Lipinski definition) is 2. The average Bonchev–Trinajstić information content (AvgIpc) is 2.79. The number of furan rings is 1. The Morgan fingerprint density at radius 2 is 2.06 bits per heavy atom. The van der Waals surface area contributed by atoms with Crippen molar-refractivity contribution in [3.05, 3.63) is 23.7 Å². The van der Waals surface area contributed by atoms with Gasteiger partial charge in [0, 0.05) is 12.5 Å². The lowest BCUT2D eigenvalue weighted by Gasteiger charge is -2.23. The minimum absolute atomic E-state index is 0.528. The Hall–Kier alpha value is -0.760. The quantitative estimate of drug-likeness (QED) is 0.848. The Bertz CT molecular complexity index is 403. The lowest BCUT2D eigenvalue weighted by molar-refractivity contribution is 0.307. The van der Waals surface area contributed by atoms with Crippen molar-refractivity contribution in [1.82, 2.24) is 5.32 Å². The van der Waals surface area contributed by atoms with Crippen molar-refractivity contribution in [3.8, 4) is 0 Å². The summed E-state index contributed by atoms with van der Waals surface area (Å²) in [6, 6.07) is 4.31. The molecule has 2 fully saturated rings. The molecule has 1 N–H and O–H groups in total. The van der Waals surface area contributed by atoms with E-state index < -0.39 is 0 Å². The highest BCUT2D eigenvalue weighted by Crippen LogP contribution is 2.47. The first-order valence-corrected chi connectivity index (χ1v) is 7.46. The summed E-state index contributed by atoms with van der Waals surface area (Å²) in [5.74, 6) is 3.83. The minimum Gasteiger partial charge on any atom is -0.464 e. The van der Waals surface area contributed by atoms with Crippen LogP contribution in [0.3, 0.4) is 0 Å². The first kappa shape index (κ1) is 12.3. The smallest absolute Gasteiger partial charge is 0.117 e. The van der Waals surface area contributed by atoms with Gasteiger partial charge >= 0.3 is 0 Å². The van der Waals surface area contributed by atoms with Crippen LogP contribution in [0.2, 0.25) is 0 Å². The summed E-state index contributed by atoms with van der Waals surface area (Å²) in [6.07, 6.45) is 6.87. The Morgan fingerprint density at radius 3 is 2.72 bits per heavy atom. The van der Waals surface area contributed by atoms with Crippen LogP contribution in [0.5, 0.6) is 0 Å². The van der Waals surface area contributed by atoms with Crippen LogP contribution in [0.1, 0.15) is 63.4 Å². The van der Waals surface area contributed by atoms with Gasteiger partial charge in [-0.2, -0.15) is 0 Å². The SMILES string of the molecule is CC1CC1c1ccc(CNCC2(C)CCCC2)o1. The van der Waals surface area contributed by atoms with Crippen LogP contribution in [0.4, 0.5) is 0 Å². The van der Waals surface area contributed by atoms with Crippen molar-refractivity contribution >= 4 is 0 Å². The highest BCUT2D eigenvalue weighted by Gasteiger charge is 2.36. The van der Waals surface area contributed by atoms with E-state index in [1.54, 1.807) is 0 Å². The third-order valence-electron chi connectivity index (χ3n) is 4.82. The maximum absolute atomic E-state index is 5.91. The first-order chi connectivity index (χ1) is 8.66. The summed E-state index contributed by atoms with van der Waals surface area (Å²) in [6.45, 7) is 6.72. The molecule has 0 bridgehead atoms. The second-order valence-electron chi connectivity index (χ2n) is 6.74. The van der Waals surface area contributed by atoms with E-state index in [-0.39, 0.29) is 0 Å². The fourth-order valence-electron chi connectivity index (χ4n) is 3.30. The molecule has 2 nitrogen and oxygen atoms in total. The molecule has 2 aliphatic carbocycles. The predicted molar refractivity (Wildman–Crippen MR) is 73.5 cm³/mol. The summed E-state index contributed by atoms with van der Waals surface area (Å²) in [4.78, 5) is 0. The van der Waals surface area contributed by atoms with Crippen LogP contribution >= 0.6 is 0 Å². The highest BCUT2D eigenvalue weighted by molar-refractivity contribution is 5.17. The third-order valence-corrected chi connectivity index (χ3v) is 4.82. The number of rotatable bonds is 5. The molecule has 0 aliphatic heterocycles. The molecule has 2 aliphatic rings. The standard InChI is InChI=1S/C16H25NO/c1-12-9-14(12)15-6-5-13(18-15)10-17-11-16(2)7-3-4-8-16/h5-6,12,14,17H,3-4,7-11H2,1-2H3. The van der Waals surface area contributed by atoms with Gasteiger partial charge in [-0.3, -0.25) is 0 Å². The van der Waals surface area contributed by atoms with E-state index in [1.807, 2.05) is 0 Å². The number of hydrogen-bond donors (Lipinski definition) is 1. The van der Waals surface area contributed by atoms with Crippen LogP contribution in [0.25, 0.3) is 0 Å². The maximum atomic E-state index is 5.91. The summed E-state index contributed by atoms with van der Waals surface area (Å²) in [7, 11) is 0. The summed E-state index contributed by atoms with van der Waals surface area (Å²) < 4.78 is 5.91. The lowest BCUT2D eigenvalue weighted by Crippen LogP contribution is -2.28. The van der Waals surface area contributed by atoms with Crippen LogP contribution < -0.4 is 5.32 Å². The molecular weight excluding hydrogens is 222 g/mol. The fraction of sp³-hybridized carbons (Fsp3) is 0.750. The van der Waals surface area contributed by atoms with Crippen molar-refractivity contribution in [2.45, 2.75) is 58.4 Å². The zero-order valence-corrected chi connectivity index (χ0v) is 11.7. The van der Waals surface area contributed by atoms with Gasteiger partial charge < -0.3 is 9.73 Å². The molecule has 3 rings (SSSR count). The summed E-state index contributed by atoms with van der Waals surface area (Å²) >= 11 is 0. The second-order valence-corrected chi connectivity index (χ2v) is 6.74. The summed E-state index contributed by atoms with van der Waals surface area (Å²) in [5, 5.41) is 3.57. The lowest BCUT2D eigenvalue weighted by atomic mass is 9.89. The van der Waals surface area contributed by atoms with Crippen LogP contribution in [-0.4, -0.2) is 6.54 Å². The van der Waals surface area contributed by atoms with E-state index in [9.17, 15) is 0 Å². The van der Waals surface area contributed by atoms with Gasteiger partial charge in [0.2, 0.25) is 0 Å². The molecular formula is C16H25NO. The fourth-order valence-corrected chi connectivity index (χ4v) is 3.30. The zero-order valence-electron chi connectivity index (χ0n) is 11.7. The van der Waals surface area contributed by atoms with Crippen molar-refractivity contribution in [3.63, 3.8) is 0 Å². The average molecular weight is 247 g/mol. The monoisotopic (exact) mass is 247 g/mol. The molecule has 2 heteroatoms. The van der Waals surface area contributed by atoms with Crippen molar-refractivity contribution in [2.75, 3.05) is 6.54 Å². The summed E-state index contributed by atoms with van der Waals surface area (Å²) in [5.41, 5.74) is 0.528. The van der Waals surface area contributed by atoms with Gasteiger partial charge in [0.15, 0.2) is 0 Å². The normalized spacial score (nSPS) is 29.7. The van der Waals surface area contributed by atoms with Gasteiger partial charge in [-0.25, -0.2) is 0 Å². The van der Waals surface area contributed by atoms with E-state index >= 15 is 0 Å². The minimum atomic E-state index is 0.528. The van der Waals surface area contributed by atoms with Crippen molar-refractivity contribution in [1.29, 1.82) is 0 Å². The topological polar surface area (TPSA) is 25.2 Å². The molecule has 0 aromatic carbocycles. The van der Waals surface area contributed by atoms with Gasteiger partial charge in [-0.1, -0.05) is 26.7 Å². The first-order valence-electron chi connectivity index (χ1n) is 7.46. The second kappa shape index (κ2) is 4.73. The molecule has 0 amide bonds. The van der Waals surface area contributed by atoms with Gasteiger partial charge in [0.1, 0.15) is 11.5 Å². The Morgan fingerprint density at radius 1 is 1.33 bits per heavy atom. The van der Waals surface area contributed by atoms with E-state index in [2.05, 4.69) is 31.3 Å². The molecule has 2 unspecified atom stereocenters. The van der Waals surface area contributed by atoms with Gasteiger partial charge in [0.05, 0.1) is 6.54 Å². The predicted octanol–water partition coefficient (Wildman–Crippen LogP) is 4.07. The molecule has 1 aromatic rings. The van der Waals surface area contributed by atoms with Gasteiger partial charge in [-0.15, -0.1) is 0 Å². The third kappa shape index (κ3) is 2.64. The van der Waals surface area contributed by atoms with Crippen molar-refractivity contribution in [2.24, 2.45) is 11.3 Å². The zero-order chi connectivity index (χ0) is 12.6. The molecule has 0 saturated heterocycles. The largest absolute Gasteiger partial charge is 0.464 e. The van der Waals surface area contributed by atoms with Crippen LogP contribution in [-0.2, 0) is 6.54 Å². The number of nitrogens with one attached hydrogen (secondary N) is 1. The molecule has 0 spiro atoms. The molecule has 2 atom stereocenters.